The highest BCUT2D eigenvalue weighted by Gasteiger charge is 2.19. The second-order valence-electron chi connectivity index (χ2n) is 6.47. The molecule has 0 atom stereocenters. The molecule has 2 aromatic rings. The zero-order chi connectivity index (χ0) is 16.9. The van der Waals surface area contributed by atoms with E-state index in [0.717, 1.165) is 36.6 Å². The fourth-order valence-electron chi connectivity index (χ4n) is 3.26. The SMILES string of the molecule is CN(C)CCCC1=C(c2ccccc2)CCOc2cc(Cl)ccc21. The molecule has 2 nitrogen and oxygen atoms in total. The Kier molecular flexibility index (Phi) is 5.60. The number of ether oxygens (including phenoxy) is 1. The van der Waals surface area contributed by atoms with Crippen LogP contribution in [0.15, 0.2) is 48.5 Å². The second kappa shape index (κ2) is 7.87. The highest BCUT2D eigenvalue weighted by molar-refractivity contribution is 6.30. The fraction of sp³-hybridized carbons (Fsp3) is 0.333. The van der Waals surface area contributed by atoms with Gasteiger partial charge in [-0.25, -0.2) is 0 Å². The van der Waals surface area contributed by atoms with Crippen molar-refractivity contribution in [3.63, 3.8) is 0 Å². The van der Waals surface area contributed by atoms with Gasteiger partial charge in [0.1, 0.15) is 5.75 Å². The summed E-state index contributed by atoms with van der Waals surface area (Å²) < 4.78 is 6.00. The van der Waals surface area contributed by atoms with E-state index in [1.807, 2.05) is 12.1 Å². The maximum Gasteiger partial charge on any atom is 0.128 e. The number of nitrogens with zero attached hydrogens (tertiary/aromatic N) is 1. The molecule has 3 rings (SSSR count). The molecule has 0 fully saturated rings. The minimum absolute atomic E-state index is 0.689. The number of hydrogen-bond acceptors (Lipinski definition) is 2. The molecule has 24 heavy (non-hydrogen) atoms. The Hall–Kier alpha value is -1.77. The summed E-state index contributed by atoms with van der Waals surface area (Å²) in [7, 11) is 4.24. The number of benzene rings is 2. The summed E-state index contributed by atoms with van der Waals surface area (Å²) in [6.45, 7) is 1.77. The van der Waals surface area contributed by atoms with E-state index in [1.54, 1.807) is 0 Å². The molecular formula is C21H24ClNO. The van der Waals surface area contributed by atoms with Gasteiger partial charge in [0.15, 0.2) is 0 Å². The van der Waals surface area contributed by atoms with Gasteiger partial charge in [-0.2, -0.15) is 0 Å². The van der Waals surface area contributed by atoms with Gasteiger partial charge in [0.05, 0.1) is 6.61 Å². The summed E-state index contributed by atoms with van der Waals surface area (Å²) in [5.41, 5.74) is 5.28. The van der Waals surface area contributed by atoms with Gasteiger partial charge in [-0.3, -0.25) is 0 Å². The molecule has 1 heterocycles. The second-order valence-corrected chi connectivity index (χ2v) is 6.91. The minimum Gasteiger partial charge on any atom is -0.493 e. The summed E-state index contributed by atoms with van der Waals surface area (Å²) in [4.78, 5) is 2.23. The van der Waals surface area contributed by atoms with E-state index in [9.17, 15) is 0 Å². The molecule has 0 aromatic heterocycles. The summed E-state index contributed by atoms with van der Waals surface area (Å²) in [6, 6.07) is 16.7. The lowest BCUT2D eigenvalue weighted by atomic mass is 9.90. The Labute approximate surface area is 149 Å². The minimum atomic E-state index is 0.689. The van der Waals surface area contributed by atoms with Crippen molar-refractivity contribution in [3.8, 4) is 5.75 Å². The third kappa shape index (κ3) is 4.00. The van der Waals surface area contributed by atoms with Gasteiger partial charge in [0.2, 0.25) is 0 Å². The lowest BCUT2D eigenvalue weighted by Gasteiger charge is -2.16. The molecular weight excluding hydrogens is 318 g/mol. The van der Waals surface area contributed by atoms with Gasteiger partial charge in [0, 0.05) is 17.0 Å². The lowest BCUT2D eigenvalue weighted by Crippen LogP contribution is -2.13. The Balaban J connectivity index is 2.05. The maximum atomic E-state index is 6.17. The van der Waals surface area contributed by atoms with Crippen molar-refractivity contribution in [1.82, 2.24) is 4.90 Å². The van der Waals surface area contributed by atoms with Gasteiger partial charge in [-0.05, 0) is 68.4 Å². The van der Waals surface area contributed by atoms with Crippen LogP contribution < -0.4 is 4.74 Å². The molecule has 0 amide bonds. The van der Waals surface area contributed by atoms with Crippen LogP contribution in [-0.2, 0) is 0 Å². The average Bonchev–Trinajstić information content (AvgIpc) is 2.74. The monoisotopic (exact) mass is 341 g/mol. The predicted octanol–water partition coefficient (Wildman–Crippen LogP) is 5.38. The standard InChI is InChI=1S/C21H24ClNO/c1-23(2)13-6-9-19-18(16-7-4-3-5-8-16)12-14-24-21-15-17(22)10-11-20(19)21/h3-5,7-8,10-11,15H,6,9,12-14H2,1-2H3. The molecule has 0 N–H and O–H groups in total. The van der Waals surface area contributed by atoms with E-state index in [4.69, 9.17) is 16.3 Å². The first-order valence-corrected chi connectivity index (χ1v) is 8.88. The van der Waals surface area contributed by atoms with Crippen LogP contribution in [0.5, 0.6) is 5.75 Å². The molecule has 0 saturated heterocycles. The van der Waals surface area contributed by atoms with E-state index in [2.05, 4.69) is 55.4 Å². The van der Waals surface area contributed by atoms with Crippen LogP contribution in [0.3, 0.4) is 0 Å². The normalized spacial score (nSPS) is 14.3. The third-order valence-electron chi connectivity index (χ3n) is 4.40. The fourth-order valence-corrected chi connectivity index (χ4v) is 3.42. The van der Waals surface area contributed by atoms with E-state index in [1.165, 1.54) is 22.3 Å². The van der Waals surface area contributed by atoms with Crippen molar-refractivity contribution in [1.29, 1.82) is 0 Å². The van der Waals surface area contributed by atoms with E-state index >= 15 is 0 Å². The topological polar surface area (TPSA) is 12.5 Å². The molecule has 0 saturated carbocycles. The van der Waals surface area contributed by atoms with Crippen molar-refractivity contribution in [3.05, 3.63) is 64.7 Å². The molecule has 0 spiro atoms. The van der Waals surface area contributed by atoms with Crippen LogP contribution >= 0.6 is 11.6 Å². The highest BCUT2D eigenvalue weighted by atomic mass is 35.5. The first-order valence-electron chi connectivity index (χ1n) is 8.50. The Bertz CT molecular complexity index is 722. The summed E-state index contributed by atoms with van der Waals surface area (Å²) in [5, 5.41) is 0.726. The van der Waals surface area contributed by atoms with Crippen LogP contribution in [0.1, 0.15) is 30.4 Å². The summed E-state index contributed by atoms with van der Waals surface area (Å²) in [6.07, 6.45) is 3.09. The number of allylic oxidation sites excluding steroid dienone is 1. The summed E-state index contributed by atoms with van der Waals surface area (Å²) in [5.74, 6) is 0.910. The van der Waals surface area contributed by atoms with Gasteiger partial charge < -0.3 is 9.64 Å². The van der Waals surface area contributed by atoms with Crippen LogP contribution in [0.4, 0.5) is 0 Å². The number of hydrogen-bond donors (Lipinski definition) is 0. The maximum absolute atomic E-state index is 6.17. The molecule has 126 valence electrons. The predicted molar refractivity (Wildman–Crippen MR) is 103 cm³/mol. The number of rotatable bonds is 5. The molecule has 2 aromatic carbocycles. The van der Waals surface area contributed by atoms with E-state index < -0.39 is 0 Å². The van der Waals surface area contributed by atoms with Crippen LogP contribution in [0, 0.1) is 0 Å². The first-order chi connectivity index (χ1) is 11.6. The van der Waals surface area contributed by atoms with Gasteiger partial charge in [-0.15, -0.1) is 0 Å². The van der Waals surface area contributed by atoms with Gasteiger partial charge in [-0.1, -0.05) is 41.9 Å². The first kappa shape index (κ1) is 17.1. The molecule has 0 bridgehead atoms. The average molecular weight is 342 g/mol. The van der Waals surface area contributed by atoms with E-state index in [0.29, 0.717) is 6.61 Å². The lowest BCUT2D eigenvalue weighted by molar-refractivity contribution is 0.328. The smallest absolute Gasteiger partial charge is 0.128 e. The third-order valence-corrected chi connectivity index (χ3v) is 4.63. The molecule has 0 unspecified atom stereocenters. The number of fused-ring (bicyclic) bond motifs is 1. The van der Waals surface area contributed by atoms with Crippen molar-refractivity contribution < 1.29 is 4.74 Å². The molecule has 0 radical (unpaired) electrons. The van der Waals surface area contributed by atoms with Crippen LogP contribution in [0.25, 0.3) is 11.1 Å². The zero-order valence-corrected chi connectivity index (χ0v) is 15.1. The van der Waals surface area contributed by atoms with Crippen molar-refractivity contribution in [2.45, 2.75) is 19.3 Å². The Morgan fingerprint density at radius 3 is 2.62 bits per heavy atom. The number of halogens is 1. The quantitative estimate of drug-likeness (QED) is 0.724. The molecule has 1 aliphatic heterocycles. The van der Waals surface area contributed by atoms with Crippen LogP contribution in [0.2, 0.25) is 5.02 Å². The van der Waals surface area contributed by atoms with Crippen molar-refractivity contribution in [2.75, 3.05) is 27.2 Å². The highest BCUT2D eigenvalue weighted by Crippen LogP contribution is 2.40. The Morgan fingerprint density at radius 1 is 1.08 bits per heavy atom. The molecule has 0 aliphatic carbocycles. The molecule has 1 aliphatic rings. The van der Waals surface area contributed by atoms with E-state index in [-0.39, 0.29) is 0 Å². The Morgan fingerprint density at radius 2 is 1.88 bits per heavy atom. The summed E-state index contributed by atoms with van der Waals surface area (Å²) >= 11 is 6.17. The zero-order valence-electron chi connectivity index (χ0n) is 14.4. The van der Waals surface area contributed by atoms with Crippen LogP contribution in [-0.4, -0.2) is 32.1 Å². The van der Waals surface area contributed by atoms with Gasteiger partial charge in [0.25, 0.3) is 0 Å². The van der Waals surface area contributed by atoms with Crippen molar-refractivity contribution in [2.24, 2.45) is 0 Å². The largest absolute Gasteiger partial charge is 0.493 e. The van der Waals surface area contributed by atoms with Gasteiger partial charge >= 0.3 is 0 Å². The van der Waals surface area contributed by atoms with Crippen molar-refractivity contribution >= 4 is 22.7 Å². The molecule has 3 heteroatoms.